The third kappa shape index (κ3) is 3.56. The van der Waals surface area contributed by atoms with Gasteiger partial charge < -0.3 is 10.6 Å². The van der Waals surface area contributed by atoms with Crippen molar-refractivity contribution in [2.24, 2.45) is 5.73 Å². The fraction of sp³-hybridized carbons (Fsp3) is 0.500. The molecule has 1 aromatic rings. The van der Waals surface area contributed by atoms with Crippen LogP contribution in [0.4, 0.5) is 0 Å². The molecule has 1 rings (SSSR count). The average Bonchev–Trinajstić information content (AvgIpc) is 2.36. The maximum Gasteiger partial charge on any atom is 0.239 e. The maximum absolute atomic E-state index is 12.0. The lowest BCUT2D eigenvalue weighted by Gasteiger charge is -2.24. The van der Waals surface area contributed by atoms with E-state index in [1.807, 2.05) is 30.9 Å². The van der Waals surface area contributed by atoms with E-state index >= 15 is 0 Å². The van der Waals surface area contributed by atoms with Gasteiger partial charge in [0.15, 0.2) is 0 Å². The molecule has 0 aliphatic rings. The molecule has 2 N–H and O–H groups in total. The molecule has 0 unspecified atom stereocenters. The second-order valence-corrected chi connectivity index (χ2v) is 4.29. The lowest BCUT2D eigenvalue weighted by atomic mass is 10.1. The third-order valence-corrected chi connectivity index (χ3v) is 3.07. The first-order valence-electron chi connectivity index (χ1n) is 6.19. The highest BCUT2D eigenvalue weighted by Gasteiger charge is 2.18. The molecule has 1 amide bonds. The molecule has 0 bridgehead atoms. The Bertz CT molecular complexity index is 376. The van der Waals surface area contributed by atoms with Crippen molar-refractivity contribution in [3.8, 4) is 0 Å². The molecule has 0 spiro atoms. The van der Waals surface area contributed by atoms with E-state index in [2.05, 4.69) is 19.1 Å². The summed E-state index contributed by atoms with van der Waals surface area (Å²) in [6, 6.07) is 7.75. The van der Waals surface area contributed by atoms with Gasteiger partial charge in [0, 0.05) is 13.1 Å². The Balaban J connectivity index is 2.77. The molecule has 17 heavy (non-hydrogen) atoms. The summed E-state index contributed by atoms with van der Waals surface area (Å²) in [4.78, 5) is 13.8. The van der Waals surface area contributed by atoms with Crippen molar-refractivity contribution in [2.45, 2.75) is 39.8 Å². The van der Waals surface area contributed by atoms with E-state index in [4.69, 9.17) is 5.73 Å². The summed E-state index contributed by atoms with van der Waals surface area (Å²) < 4.78 is 0. The van der Waals surface area contributed by atoms with Crippen LogP contribution in [0.1, 0.15) is 31.4 Å². The summed E-state index contributed by atoms with van der Waals surface area (Å²) in [5.41, 5.74) is 8.19. The van der Waals surface area contributed by atoms with Crippen LogP contribution < -0.4 is 5.73 Å². The van der Waals surface area contributed by atoms with Gasteiger partial charge in [-0.25, -0.2) is 0 Å². The van der Waals surface area contributed by atoms with Gasteiger partial charge in [-0.1, -0.05) is 31.2 Å². The normalized spacial score (nSPS) is 12.2. The highest BCUT2D eigenvalue weighted by molar-refractivity contribution is 5.81. The first kappa shape index (κ1) is 13.7. The molecule has 3 nitrogen and oxygen atoms in total. The highest BCUT2D eigenvalue weighted by atomic mass is 16.2. The van der Waals surface area contributed by atoms with E-state index in [0.717, 1.165) is 0 Å². The monoisotopic (exact) mass is 234 g/mol. The van der Waals surface area contributed by atoms with Crippen LogP contribution in [0.15, 0.2) is 24.3 Å². The molecule has 3 heteroatoms. The Morgan fingerprint density at radius 2 is 2.00 bits per heavy atom. The second kappa shape index (κ2) is 6.40. The van der Waals surface area contributed by atoms with Gasteiger partial charge in [-0.2, -0.15) is 0 Å². The van der Waals surface area contributed by atoms with Crippen LogP contribution in [0.5, 0.6) is 0 Å². The quantitative estimate of drug-likeness (QED) is 0.848. The minimum Gasteiger partial charge on any atom is -0.337 e. The van der Waals surface area contributed by atoms with Crippen LogP contribution >= 0.6 is 0 Å². The summed E-state index contributed by atoms with van der Waals surface area (Å²) in [6.07, 6.45) is 0.684. The molecule has 1 aromatic carbocycles. The van der Waals surface area contributed by atoms with Gasteiger partial charge in [0.25, 0.3) is 0 Å². The first-order chi connectivity index (χ1) is 8.10. The van der Waals surface area contributed by atoms with Crippen molar-refractivity contribution in [2.75, 3.05) is 6.54 Å². The average molecular weight is 234 g/mol. The molecule has 0 saturated heterocycles. The van der Waals surface area contributed by atoms with Gasteiger partial charge in [-0.15, -0.1) is 0 Å². The van der Waals surface area contributed by atoms with E-state index in [1.165, 1.54) is 11.1 Å². The van der Waals surface area contributed by atoms with Crippen molar-refractivity contribution >= 4 is 5.91 Å². The Morgan fingerprint density at radius 3 is 2.53 bits per heavy atom. The number of benzene rings is 1. The SMILES string of the molecule is CC[C@@H](N)C(=O)N(CC)Cc1ccccc1C. The minimum atomic E-state index is -0.376. The van der Waals surface area contributed by atoms with Crippen LogP contribution in [-0.4, -0.2) is 23.4 Å². The van der Waals surface area contributed by atoms with Crippen LogP contribution in [0.3, 0.4) is 0 Å². The lowest BCUT2D eigenvalue weighted by Crippen LogP contribution is -2.43. The summed E-state index contributed by atoms with van der Waals surface area (Å²) in [5.74, 6) is 0.0400. The molecule has 0 aliphatic carbocycles. The van der Waals surface area contributed by atoms with E-state index < -0.39 is 0 Å². The van der Waals surface area contributed by atoms with Crippen LogP contribution in [0, 0.1) is 6.92 Å². The van der Waals surface area contributed by atoms with Gasteiger partial charge in [0.2, 0.25) is 5.91 Å². The second-order valence-electron chi connectivity index (χ2n) is 4.29. The van der Waals surface area contributed by atoms with Gasteiger partial charge in [-0.05, 0) is 31.4 Å². The van der Waals surface area contributed by atoms with E-state index in [0.29, 0.717) is 19.5 Å². The first-order valence-corrected chi connectivity index (χ1v) is 6.19. The predicted octanol–water partition coefficient (Wildman–Crippen LogP) is 2.08. The number of amides is 1. The van der Waals surface area contributed by atoms with Crippen LogP contribution in [0.25, 0.3) is 0 Å². The van der Waals surface area contributed by atoms with Gasteiger partial charge in [-0.3, -0.25) is 4.79 Å². The third-order valence-electron chi connectivity index (χ3n) is 3.07. The van der Waals surface area contributed by atoms with E-state index in [9.17, 15) is 4.79 Å². The van der Waals surface area contributed by atoms with Crippen LogP contribution in [0.2, 0.25) is 0 Å². The summed E-state index contributed by atoms with van der Waals surface area (Å²) in [5, 5.41) is 0. The Hall–Kier alpha value is -1.35. The Labute approximate surface area is 104 Å². The van der Waals surface area contributed by atoms with Crippen molar-refractivity contribution in [3.63, 3.8) is 0 Å². The van der Waals surface area contributed by atoms with Crippen molar-refractivity contribution in [1.29, 1.82) is 0 Å². The summed E-state index contributed by atoms with van der Waals surface area (Å²) >= 11 is 0. The van der Waals surface area contributed by atoms with Crippen LogP contribution in [-0.2, 0) is 11.3 Å². The molecular formula is C14H22N2O. The number of likely N-dealkylation sites (N-methyl/N-ethyl adjacent to an activating group) is 1. The number of hydrogen-bond donors (Lipinski definition) is 1. The maximum atomic E-state index is 12.0. The Kier molecular flexibility index (Phi) is 5.16. The minimum absolute atomic E-state index is 0.0400. The molecule has 0 saturated carbocycles. The number of rotatable bonds is 5. The summed E-state index contributed by atoms with van der Waals surface area (Å²) in [7, 11) is 0. The zero-order valence-corrected chi connectivity index (χ0v) is 10.9. The standard InChI is InChI=1S/C14H22N2O/c1-4-13(15)14(17)16(5-2)10-12-9-7-6-8-11(12)3/h6-9,13H,4-5,10,15H2,1-3H3/t13-/m1/s1. The molecule has 0 aromatic heterocycles. The molecule has 1 atom stereocenters. The molecule has 0 fully saturated rings. The Morgan fingerprint density at radius 1 is 1.35 bits per heavy atom. The number of aryl methyl sites for hydroxylation is 1. The number of carbonyl (C=O) groups excluding carboxylic acids is 1. The number of hydrogen-bond acceptors (Lipinski definition) is 2. The smallest absolute Gasteiger partial charge is 0.239 e. The zero-order chi connectivity index (χ0) is 12.8. The lowest BCUT2D eigenvalue weighted by molar-refractivity contribution is -0.133. The van der Waals surface area contributed by atoms with Crippen molar-refractivity contribution in [1.82, 2.24) is 4.90 Å². The largest absolute Gasteiger partial charge is 0.337 e. The number of nitrogens with two attached hydrogens (primary N) is 1. The molecular weight excluding hydrogens is 212 g/mol. The molecule has 94 valence electrons. The number of nitrogens with zero attached hydrogens (tertiary/aromatic N) is 1. The van der Waals surface area contributed by atoms with Gasteiger partial charge in [0.1, 0.15) is 0 Å². The van der Waals surface area contributed by atoms with Crippen molar-refractivity contribution < 1.29 is 4.79 Å². The highest BCUT2D eigenvalue weighted by Crippen LogP contribution is 2.11. The fourth-order valence-electron chi connectivity index (χ4n) is 1.75. The predicted molar refractivity (Wildman–Crippen MR) is 70.5 cm³/mol. The van der Waals surface area contributed by atoms with E-state index in [1.54, 1.807) is 0 Å². The fourth-order valence-corrected chi connectivity index (χ4v) is 1.75. The zero-order valence-electron chi connectivity index (χ0n) is 10.9. The molecule has 0 aliphatic heterocycles. The number of carbonyl (C=O) groups is 1. The van der Waals surface area contributed by atoms with Gasteiger partial charge >= 0.3 is 0 Å². The topological polar surface area (TPSA) is 46.3 Å². The molecule has 0 radical (unpaired) electrons. The van der Waals surface area contributed by atoms with Crippen molar-refractivity contribution in [3.05, 3.63) is 35.4 Å². The van der Waals surface area contributed by atoms with Gasteiger partial charge in [0.05, 0.1) is 6.04 Å². The summed E-state index contributed by atoms with van der Waals surface area (Å²) in [6.45, 7) is 7.33. The molecule has 0 heterocycles. The van der Waals surface area contributed by atoms with E-state index in [-0.39, 0.29) is 11.9 Å².